The molecule has 0 aliphatic heterocycles. The lowest BCUT2D eigenvalue weighted by atomic mass is 10.0. The normalized spacial score (nSPS) is 12.6. The minimum absolute atomic E-state index is 0.133. The second-order valence-corrected chi connectivity index (χ2v) is 5.11. The SMILES string of the molecule is NC(CCc1ccsc1)c1cccc(Cl)c1F. The first-order valence-electron chi connectivity index (χ1n) is 5.39. The van der Waals surface area contributed by atoms with Crippen LogP contribution in [0.4, 0.5) is 4.39 Å². The summed E-state index contributed by atoms with van der Waals surface area (Å²) >= 11 is 7.39. The van der Waals surface area contributed by atoms with Gasteiger partial charge in [-0.2, -0.15) is 11.3 Å². The van der Waals surface area contributed by atoms with E-state index < -0.39 is 5.82 Å². The van der Waals surface area contributed by atoms with Crippen molar-refractivity contribution in [1.29, 1.82) is 0 Å². The van der Waals surface area contributed by atoms with E-state index in [0.717, 1.165) is 6.42 Å². The van der Waals surface area contributed by atoms with Gasteiger partial charge in [-0.15, -0.1) is 0 Å². The van der Waals surface area contributed by atoms with Crippen LogP contribution in [0.5, 0.6) is 0 Å². The number of thiophene rings is 1. The minimum atomic E-state index is -0.396. The molecule has 90 valence electrons. The van der Waals surface area contributed by atoms with E-state index in [4.69, 9.17) is 17.3 Å². The van der Waals surface area contributed by atoms with Crippen molar-refractivity contribution in [3.8, 4) is 0 Å². The molecule has 1 aromatic carbocycles. The second kappa shape index (κ2) is 5.63. The van der Waals surface area contributed by atoms with Crippen molar-refractivity contribution in [2.45, 2.75) is 18.9 Å². The van der Waals surface area contributed by atoms with Crippen LogP contribution in [-0.4, -0.2) is 0 Å². The van der Waals surface area contributed by atoms with Gasteiger partial charge in [0.2, 0.25) is 0 Å². The van der Waals surface area contributed by atoms with Gasteiger partial charge in [-0.05, 0) is 41.3 Å². The molecule has 1 unspecified atom stereocenters. The highest BCUT2D eigenvalue weighted by atomic mass is 35.5. The zero-order chi connectivity index (χ0) is 12.3. The van der Waals surface area contributed by atoms with E-state index in [2.05, 4.69) is 11.4 Å². The summed E-state index contributed by atoms with van der Waals surface area (Å²) in [6.07, 6.45) is 1.57. The molecular formula is C13H13ClFNS. The fraction of sp³-hybridized carbons (Fsp3) is 0.231. The highest BCUT2D eigenvalue weighted by molar-refractivity contribution is 7.07. The Morgan fingerprint density at radius 1 is 1.35 bits per heavy atom. The largest absolute Gasteiger partial charge is 0.324 e. The average Bonchev–Trinajstić information content (AvgIpc) is 2.82. The van der Waals surface area contributed by atoms with Crippen LogP contribution in [0.15, 0.2) is 35.0 Å². The first-order valence-corrected chi connectivity index (χ1v) is 6.71. The zero-order valence-corrected chi connectivity index (χ0v) is 10.8. The molecule has 0 amide bonds. The van der Waals surface area contributed by atoms with Gasteiger partial charge >= 0.3 is 0 Å². The summed E-state index contributed by atoms with van der Waals surface area (Å²) in [5.41, 5.74) is 7.72. The monoisotopic (exact) mass is 269 g/mol. The van der Waals surface area contributed by atoms with Crippen LogP contribution in [-0.2, 0) is 6.42 Å². The van der Waals surface area contributed by atoms with E-state index in [1.807, 2.05) is 5.38 Å². The van der Waals surface area contributed by atoms with Crippen molar-refractivity contribution in [2.75, 3.05) is 0 Å². The highest BCUT2D eigenvalue weighted by Gasteiger charge is 2.13. The number of rotatable bonds is 4. The zero-order valence-electron chi connectivity index (χ0n) is 9.20. The van der Waals surface area contributed by atoms with E-state index in [1.165, 1.54) is 11.6 Å². The molecule has 2 aromatic rings. The third-order valence-electron chi connectivity index (χ3n) is 2.71. The molecule has 0 aliphatic rings. The number of halogens is 2. The standard InChI is InChI=1S/C13H13ClFNS/c14-11-3-1-2-10(13(11)15)12(16)5-4-9-6-7-17-8-9/h1-3,6-8,12H,4-5,16H2. The van der Waals surface area contributed by atoms with Gasteiger partial charge in [0.1, 0.15) is 5.82 Å². The molecular weight excluding hydrogens is 257 g/mol. The molecule has 0 aliphatic carbocycles. The molecule has 4 heteroatoms. The van der Waals surface area contributed by atoms with Gasteiger partial charge in [0.15, 0.2) is 0 Å². The number of benzene rings is 1. The molecule has 0 fully saturated rings. The summed E-state index contributed by atoms with van der Waals surface area (Å²) in [6.45, 7) is 0. The van der Waals surface area contributed by atoms with Crippen molar-refractivity contribution in [3.63, 3.8) is 0 Å². The van der Waals surface area contributed by atoms with Crippen LogP contribution >= 0.6 is 22.9 Å². The van der Waals surface area contributed by atoms with E-state index in [0.29, 0.717) is 12.0 Å². The molecule has 1 atom stereocenters. The number of hydrogen-bond acceptors (Lipinski definition) is 2. The Labute approximate surface area is 109 Å². The molecule has 0 spiro atoms. The fourth-order valence-electron chi connectivity index (χ4n) is 1.72. The first kappa shape index (κ1) is 12.6. The lowest BCUT2D eigenvalue weighted by Crippen LogP contribution is -2.13. The lowest BCUT2D eigenvalue weighted by molar-refractivity contribution is 0.564. The molecule has 2 N–H and O–H groups in total. The Kier molecular flexibility index (Phi) is 4.15. The van der Waals surface area contributed by atoms with Gasteiger partial charge in [0.05, 0.1) is 5.02 Å². The Hall–Kier alpha value is -0.900. The van der Waals surface area contributed by atoms with Crippen LogP contribution in [0.2, 0.25) is 5.02 Å². The minimum Gasteiger partial charge on any atom is -0.324 e. The van der Waals surface area contributed by atoms with Gasteiger partial charge in [-0.25, -0.2) is 4.39 Å². The molecule has 1 nitrogen and oxygen atoms in total. The molecule has 1 aromatic heterocycles. The molecule has 1 heterocycles. The van der Waals surface area contributed by atoms with Crippen LogP contribution in [0.3, 0.4) is 0 Å². The van der Waals surface area contributed by atoms with E-state index in [-0.39, 0.29) is 11.1 Å². The smallest absolute Gasteiger partial charge is 0.146 e. The average molecular weight is 270 g/mol. The van der Waals surface area contributed by atoms with Crippen molar-refractivity contribution >= 4 is 22.9 Å². The molecule has 17 heavy (non-hydrogen) atoms. The topological polar surface area (TPSA) is 26.0 Å². The Morgan fingerprint density at radius 3 is 2.88 bits per heavy atom. The van der Waals surface area contributed by atoms with Gasteiger partial charge in [0.25, 0.3) is 0 Å². The summed E-state index contributed by atoms with van der Waals surface area (Å²) in [7, 11) is 0. The highest BCUT2D eigenvalue weighted by Crippen LogP contribution is 2.25. The lowest BCUT2D eigenvalue weighted by Gasteiger charge is -2.13. The fourth-order valence-corrected chi connectivity index (χ4v) is 2.60. The van der Waals surface area contributed by atoms with Crippen molar-refractivity contribution < 1.29 is 4.39 Å². The Bertz CT molecular complexity index is 484. The summed E-state index contributed by atoms with van der Waals surface area (Å²) < 4.78 is 13.7. The Morgan fingerprint density at radius 2 is 2.18 bits per heavy atom. The molecule has 0 saturated carbocycles. The second-order valence-electron chi connectivity index (χ2n) is 3.92. The van der Waals surface area contributed by atoms with Crippen LogP contribution in [0, 0.1) is 5.82 Å². The van der Waals surface area contributed by atoms with Gasteiger partial charge in [0, 0.05) is 11.6 Å². The van der Waals surface area contributed by atoms with E-state index in [1.54, 1.807) is 23.5 Å². The van der Waals surface area contributed by atoms with Gasteiger partial charge in [-0.1, -0.05) is 23.7 Å². The first-order chi connectivity index (χ1) is 8.18. The predicted octanol–water partition coefficient (Wildman–Crippen LogP) is 4.17. The third kappa shape index (κ3) is 3.06. The number of hydrogen-bond donors (Lipinski definition) is 1. The van der Waals surface area contributed by atoms with E-state index >= 15 is 0 Å². The van der Waals surface area contributed by atoms with Crippen LogP contribution in [0.1, 0.15) is 23.6 Å². The Balaban J connectivity index is 2.04. The van der Waals surface area contributed by atoms with Crippen molar-refractivity contribution in [1.82, 2.24) is 0 Å². The summed E-state index contributed by atoms with van der Waals surface area (Å²) in [5.74, 6) is -0.396. The number of nitrogens with two attached hydrogens (primary N) is 1. The maximum Gasteiger partial charge on any atom is 0.146 e. The molecule has 0 bridgehead atoms. The quantitative estimate of drug-likeness (QED) is 0.886. The summed E-state index contributed by atoms with van der Waals surface area (Å²) in [6, 6.07) is 6.70. The third-order valence-corrected chi connectivity index (χ3v) is 3.73. The van der Waals surface area contributed by atoms with Crippen LogP contribution in [0.25, 0.3) is 0 Å². The van der Waals surface area contributed by atoms with Crippen molar-refractivity contribution in [3.05, 3.63) is 57.0 Å². The molecule has 2 rings (SSSR count). The molecule has 0 saturated heterocycles. The summed E-state index contributed by atoms with van der Waals surface area (Å²) in [4.78, 5) is 0. The maximum atomic E-state index is 13.7. The molecule has 0 radical (unpaired) electrons. The van der Waals surface area contributed by atoms with E-state index in [9.17, 15) is 4.39 Å². The van der Waals surface area contributed by atoms with Gasteiger partial charge in [-0.3, -0.25) is 0 Å². The predicted molar refractivity (Wildman–Crippen MR) is 71.0 cm³/mol. The van der Waals surface area contributed by atoms with Gasteiger partial charge < -0.3 is 5.73 Å². The summed E-state index contributed by atoms with van der Waals surface area (Å²) in [5, 5.41) is 4.25. The van der Waals surface area contributed by atoms with Crippen LogP contribution < -0.4 is 5.73 Å². The maximum absolute atomic E-state index is 13.7. The number of aryl methyl sites for hydroxylation is 1. The van der Waals surface area contributed by atoms with Crippen molar-refractivity contribution in [2.24, 2.45) is 5.73 Å².